The number of nitrogens with one attached hydrogen (secondary N) is 2. The van der Waals surface area contributed by atoms with Gasteiger partial charge in [0.15, 0.2) is 0 Å². The van der Waals surface area contributed by atoms with E-state index in [1.54, 1.807) is 12.1 Å². The van der Waals surface area contributed by atoms with Crippen molar-refractivity contribution >= 4 is 17.5 Å². The van der Waals surface area contributed by atoms with Crippen molar-refractivity contribution in [2.24, 2.45) is 0 Å². The molecule has 0 radical (unpaired) electrons. The zero-order valence-electron chi connectivity index (χ0n) is 15.4. The van der Waals surface area contributed by atoms with Gasteiger partial charge >= 0.3 is 0 Å². The average Bonchev–Trinajstić information content (AvgIpc) is 2.69. The van der Waals surface area contributed by atoms with Crippen molar-refractivity contribution in [1.29, 1.82) is 0 Å². The van der Waals surface area contributed by atoms with Crippen LogP contribution in [0.5, 0.6) is 0 Å². The summed E-state index contributed by atoms with van der Waals surface area (Å²) in [5, 5.41) is 3.66. The fourth-order valence-electron chi connectivity index (χ4n) is 3.76. The quantitative estimate of drug-likeness (QED) is 0.669. The fourth-order valence-corrected chi connectivity index (χ4v) is 3.88. The first-order chi connectivity index (χ1) is 13.6. The molecule has 0 unspecified atom stereocenters. The molecular weight excluding hydrogens is 372 g/mol. The van der Waals surface area contributed by atoms with Crippen molar-refractivity contribution in [2.45, 2.75) is 24.7 Å². The number of carbonyl (C=O) groups excluding carboxylic acids is 1. The minimum atomic E-state index is -0.381. The van der Waals surface area contributed by atoms with Crippen LogP contribution in [-0.4, -0.2) is 17.4 Å². The molecule has 2 N–H and O–H groups in total. The Morgan fingerprint density at radius 3 is 2.32 bits per heavy atom. The van der Waals surface area contributed by atoms with E-state index in [4.69, 9.17) is 11.6 Å². The van der Waals surface area contributed by atoms with Gasteiger partial charge in [0.05, 0.1) is 0 Å². The van der Waals surface area contributed by atoms with Gasteiger partial charge in [-0.25, -0.2) is 0 Å². The number of pyridine rings is 1. The molecule has 0 atom stereocenters. The van der Waals surface area contributed by atoms with Gasteiger partial charge in [-0.1, -0.05) is 60.5 Å². The molecule has 0 aliphatic heterocycles. The molecule has 1 fully saturated rings. The maximum Gasteiger partial charge on any atom is 0.261 e. The van der Waals surface area contributed by atoms with E-state index in [2.05, 4.69) is 10.3 Å². The van der Waals surface area contributed by atoms with Crippen LogP contribution in [0.15, 0.2) is 71.5 Å². The van der Waals surface area contributed by atoms with Crippen LogP contribution in [0.1, 0.15) is 35.2 Å². The van der Waals surface area contributed by atoms with Gasteiger partial charge in [-0.3, -0.25) is 9.59 Å². The van der Waals surface area contributed by atoms with Crippen LogP contribution in [0.4, 0.5) is 0 Å². The normalized spacial score (nSPS) is 14.9. The number of hydrogen-bond donors (Lipinski definition) is 2. The van der Waals surface area contributed by atoms with Crippen molar-refractivity contribution in [3.05, 3.63) is 93.2 Å². The molecule has 1 aliphatic rings. The van der Waals surface area contributed by atoms with E-state index in [0.717, 1.165) is 24.8 Å². The number of aromatic nitrogens is 1. The van der Waals surface area contributed by atoms with Crippen LogP contribution in [0.3, 0.4) is 0 Å². The zero-order valence-corrected chi connectivity index (χ0v) is 16.1. The Balaban J connectivity index is 1.49. The lowest BCUT2D eigenvalue weighted by atomic mass is 9.64. The summed E-state index contributed by atoms with van der Waals surface area (Å²) in [5.74, 6) is -0.346. The predicted octanol–water partition coefficient (Wildman–Crippen LogP) is 4.55. The second-order valence-corrected chi connectivity index (χ2v) is 7.74. The summed E-state index contributed by atoms with van der Waals surface area (Å²) in [7, 11) is 0. The van der Waals surface area contributed by atoms with Crippen LogP contribution in [0.25, 0.3) is 11.3 Å². The van der Waals surface area contributed by atoms with Crippen LogP contribution in [-0.2, 0) is 5.41 Å². The summed E-state index contributed by atoms with van der Waals surface area (Å²) in [6.07, 6.45) is 3.15. The smallest absolute Gasteiger partial charge is 0.261 e. The van der Waals surface area contributed by atoms with Gasteiger partial charge in [0, 0.05) is 22.7 Å². The highest BCUT2D eigenvalue weighted by molar-refractivity contribution is 6.30. The molecule has 1 heterocycles. The number of aromatic amines is 1. The number of hydrogen-bond acceptors (Lipinski definition) is 2. The first-order valence-electron chi connectivity index (χ1n) is 9.40. The molecule has 0 bridgehead atoms. The largest absolute Gasteiger partial charge is 0.351 e. The van der Waals surface area contributed by atoms with Crippen LogP contribution < -0.4 is 10.9 Å². The Morgan fingerprint density at radius 1 is 1.00 bits per heavy atom. The van der Waals surface area contributed by atoms with E-state index in [0.29, 0.717) is 17.3 Å². The average molecular weight is 393 g/mol. The molecule has 4 nitrogen and oxygen atoms in total. The molecule has 1 aromatic heterocycles. The van der Waals surface area contributed by atoms with E-state index in [1.807, 2.05) is 54.6 Å². The summed E-state index contributed by atoms with van der Waals surface area (Å²) < 4.78 is 0. The van der Waals surface area contributed by atoms with Gasteiger partial charge in [-0.2, -0.15) is 0 Å². The third-order valence-corrected chi connectivity index (χ3v) is 5.85. The Hall–Kier alpha value is -2.85. The van der Waals surface area contributed by atoms with Crippen LogP contribution >= 0.6 is 11.6 Å². The molecule has 1 saturated carbocycles. The van der Waals surface area contributed by atoms with E-state index in [1.165, 1.54) is 5.56 Å². The maximum absolute atomic E-state index is 12.6. The molecule has 142 valence electrons. The number of H-pyrrole nitrogens is 1. The first-order valence-corrected chi connectivity index (χ1v) is 9.78. The summed E-state index contributed by atoms with van der Waals surface area (Å²) in [4.78, 5) is 27.9. The molecule has 3 aromatic rings. The second kappa shape index (κ2) is 7.64. The maximum atomic E-state index is 12.6. The molecule has 28 heavy (non-hydrogen) atoms. The van der Waals surface area contributed by atoms with Crippen molar-refractivity contribution in [3.8, 4) is 11.3 Å². The monoisotopic (exact) mass is 392 g/mol. The minimum Gasteiger partial charge on any atom is -0.351 e. The number of carbonyl (C=O) groups is 1. The Kier molecular flexibility index (Phi) is 5.05. The van der Waals surface area contributed by atoms with Gasteiger partial charge < -0.3 is 10.3 Å². The first kappa shape index (κ1) is 18.5. The Bertz CT molecular complexity index is 1040. The van der Waals surface area contributed by atoms with Gasteiger partial charge in [-0.15, -0.1) is 0 Å². The van der Waals surface area contributed by atoms with Crippen molar-refractivity contribution < 1.29 is 4.79 Å². The number of rotatable bonds is 5. The lowest BCUT2D eigenvalue weighted by molar-refractivity contribution is 0.0926. The van der Waals surface area contributed by atoms with Crippen molar-refractivity contribution in [1.82, 2.24) is 10.3 Å². The SMILES string of the molecule is O=C(NCC1(c2ccc(Cl)cc2)CCC1)c1ccc(-c2ccccc2)[nH]c1=O. The highest BCUT2D eigenvalue weighted by Crippen LogP contribution is 2.43. The summed E-state index contributed by atoms with van der Waals surface area (Å²) in [5.41, 5.74) is 2.45. The standard InChI is InChI=1S/C23H21ClN2O2/c24-18-9-7-17(8-10-18)23(13-4-14-23)15-25-21(27)19-11-12-20(26-22(19)28)16-5-2-1-3-6-16/h1-3,5-12H,4,13-15H2,(H,25,27)(H,26,28). The molecule has 5 heteroatoms. The lowest BCUT2D eigenvalue weighted by Gasteiger charge is -2.42. The molecule has 0 saturated heterocycles. The van der Waals surface area contributed by atoms with Gasteiger partial charge in [0.1, 0.15) is 5.56 Å². The van der Waals surface area contributed by atoms with Gasteiger partial charge in [-0.05, 0) is 48.2 Å². The van der Waals surface area contributed by atoms with Crippen LogP contribution in [0, 0.1) is 0 Å². The summed E-state index contributed by atoms with van der Waals surface area (Å²) in [6.45, 7) is 0.507. The van der Waals surface area contributed by atoms with Gasteiger partial charge in [0.2, 0.25) is 0 Å². The molecule has 1 amide bonds. The highest BCUT2D eigenvalue weighted by Gasteiger charge is 2.38. The minimum absolute atomic E-state index is 0.0724. The molecule has 2 aromatic carbocycles. The molecule has 4 rings (SSSR count). The fraction of sp³-hybridized carbons (Fsp3) is 0.217. The van der Waals surface area contributed by atoms with E-state index in [-0.39, 0.29) is 22.4 Å². The summed E-state index contributed by atoms with van der Waals surface area (Å²) in [6, 6.07) is 20.7. The van der Waals surface area contributed by atoms with E-state index in [9.17, 15) is 9.59 Å². The highest BCUT2D eigenvalue weighted by atomic mass is 35.5. The van der Waals surface area contributed by atoms with Crippen LogP contribution in [0.2, 0.25) is 5.02 Å². The topological polar surface area (TPSA) is 62.0 Å². The predicted molar refractivity (Wildman–Crippen MR) is 112 cm³/mol. The van der Waals surface area contributed by atoms with Crippen molar-refractivity contribution in [3.63, 3.8) is 0 Å². The van der Waals surface area contributed by atoms with Gasteiger partial charge in [0.25, 0.3) is 11.5 Å². The number of amides is 1. The Morgan fingerprint density at radius 2 is 1.71 bits per heavy atom. The zero-order chi connectivity index (χ0) is 19.6. The second-order valence-electron chi connectivity index (χ2n) is 7.30. The lowest BCUT2D eigenvalue weighted by Crippen LogP contribution is -2.46. The van der Waals surface area contributed by atoms with E-state index < -0.39 is 0 Å². The molecular formula is C23H21ClN2O2. The number of benzene rings is 2. The third kappa shape index (κ3) is 3.60. The molecule has 1 aliphatic carbocycles. The Labute approximate surface area is 168 Å². The van der Waals surface area contributed by atoms with E-state index >= 15 is 0 Å². The summed E-state index contributed by atoms with van der Waals surface area (Å²) >= 11 is 6.00. The molecule has 0 spiro atoms. The third-order valence-electron chi connectivity index (χ3n) is 5.59. The van der Waals surface area contributed by atoms with Crippen molar-refractivity contribution in [2.75, 3.05) is 6.54 Å². The number of halogens is 1.